The molecule has 0 aliphatic heterocycles. The summed E-state index contributed by atoms with van der Waals surface area (Å²) in [5.74, 6) is 0.443. The highest BCUT2D eigenvalue weighted by atomic mass is 16.3. The van der Waals surface area contributed by atoms with Crippen molar-refractivity contribution in [3.8, 4) is 0 Å². The second-order valence-corrected chi connectivity index (χ2v) is 2.90. The average molecular weight is 166 g/mol. The molecule has 12 heavy (non-hydrogen) atoms. The monoisotopic (exact) mass is 166 g/mol. The van der Waals surface area contributed by atoms with Gasteiger partial charge in [-0.15, -0.1) is 0 Å². The van der Waals surface area contributed by atoms with Gasteiger partial charge in [-0.1, -0.05) is 13.8 Å². The number of aliphatic hydroxyl groups excluding tert-OH is 1. The molecule has 0 aliphatic rings. The van der Waals surface area contributed by atoms with Gasteiger partial charge in [-0.05, 0) is 18.4 Å². The van der Waals surface area contributed by atoms with E-state index in [4.69, 9.17) is 5.11 Å². The van der Waals surface area contributed by atoms with Crippen LogP contribution < -0.4 is 0 Å². The minimum absolute atomic E-state index is 0.00798. The van der Waals surface area contributed by atoms with E-state index in [2.05, 4.69) is 23.8 Å². The molecule has 0 aliphatic carbocycles. The minimum Gasteiger partial charge on any atom is -0.390 e. The Balaban J connectivity index is 2.86. The molecule has 0 saturated carbocycles. The van der Waals surface area contributed by atoms with Gasteiger partial charge in [0.15, 0.2) is 0 Å². The van der Waals surface area contributed by atoms with Gasteiger partial charge in [-0.25, -0.2) is 9.97 Å². The Hall–Kier alpha value is -0.960. The first-order valence-corrected chi connectivity index (χ1v) is 4.19. The number of aromatic nitrogens is 2. The van der Waals surface area contributed by atoms with Crippen molar-refractivity contribution in [2.45, 2.75) is 32.8 Å². The van der Waals surface area contributed by atoms with E-state index >= 15 is 0 Å². The second kappa shape index (κ2) is 4.16. The zero-order chi connectivity index (χ0) is 8.97. The molecule has 66 valence electrons. The molecule has 0 saturated heterocycles. The van der Waals surface area contributed by atoms with Gasteiger partial charge in [0.05, 0.1) is 12.3 Å². The second-order valence-electron chi connectivity index (χ2n) is 2.90. The Bertz CT molecular complexity index is 250. The highest BCUT2D eigenvalue weighted by Crippen LogP contribution is 2.15. The molecule has 0 fully saturated rings. The molecule has 1 aromatic rings. The number of hydrogen-bond donors (Lipinski definition) is 1. The molecule has 0 bridgehead atoms. The van der Waals surface area contributed by atoms with Gasteiger partial charge in [0.25, 0.3) is 0 Å². The molecule has 1 atom stereocenters. The summed E-state index contributed by atoms with van der Waals surface area (Å²) in [6.45, 7) is 4.22. The Morgan fingerprint density at radius 2 is 2.25 bits per heavy atom. The van der Waals surface area contributed by atoms with Gasteiger partial charge in [0, 0.05) is 5.69 Å². The Kier molecular flexibility index (Phi) is 3.17. The third-order valence-electron chi connectivity index (χ3n) is 2.02. The largest absolute Gasteiger partial charge is 0.390 e. The van der Waals surface area contributed by atoms with E-state index in [0.717, 1.165) is 12.1 Å². The fourth-order valence-electron chi connectivity index (χ4n) is 0.980. The summed E-state index contributed by atoms with van der Waals surface area (Å²) in [5.41, 5.74) is 1.71. The average Bonchev–Trinajstić information content (AvgIpc) is 2.17. The molecule has 3 heteroatoms. The fraction of sp³-hybridized carbons (Fsp3) is 0.556. The Morgan fingerprint density at radius 1 is 1.50 bits per heavy atom. The van der Waals surface area contributed by atoms with Crippen LogP contribution in [0.2, 0.25) is 0 Å². The van der Waals surface area contributed by atoms with Gasteiger partial charge in [-0.3, -0.25) is 0 Å². The van der Waals surface area contributed by atoms with Crippen LogP contribution in [0.4, 0.5) is 0 Å². The maximum absolute atomic E-state index is 8.83. The normalized spacial score (nSPS) is 12.9. The van der Waals surface area contributed by atoms with Crippen molar-refractivity contribution in [1.82, 2.24) is 9.97 Å². The lowest BCUT2D eigenvalue weighted by Crippen LogP contribution is -1.99. The number of aliphatic hydroxyl groups is 1. The molecule has 1 N–H and O–H groups in total. The fourth-order valence-corrected chi connectivity index (χ4v) is 0.980. The molecule has 0 aromatic carbocycles. The van der Waals surface area contributed by atoms with Crippen LogP contribution in [0.25, 0.3) is 0 Å². The first-order valence-electron chi connectivity index (χ1n) is 4.19. The Labute approximate surface area is 72.5 Å². The van der Waals surface area contributed by atoms with E-state index in [9.17, 15) is 0 Å². The van der Waals surface area contributed by atoms with Crippen molar-refractivity contribution < 1.29 is 5.11 Å². The number of nitrogens with zero attached hydrogens (tertiary/aromatic N) is 2. The van der Waals surface area contributed by atoms with E-state index < -0.39 is 0 Å². The van der Waals surface area contributed by atoms with E-state index in [0.29, 0.717) is 11.6 Å². The van der Waals surface area contributed by atoms with Crippen LogP contribution >= 0.6 is 0 Å². The molecule has 0 radical (unpaired) electrons. The molecule has 0 amide bonds. The van der Waals surface area contributed by atoms with Crippen molar-refractivity contribution >= 4 is 0 Å². The topological polar surface area (TPSA) is 46.0 Å². The van der Waals surface area contributed by atoms with Gasteiger partial charge in [0.1, 0.15) is 6.33 Å². The summed E-state index contributed by atoms with van der Waals surface area (Å²) >= 11 is 0. The van der Waals surface area contributed by atoms with Crippen LogP contribution in [0.15, 0.2) is 12.4 Å². The lowest BCUT2D eigenvalue weighted by atomic mass is 10.0. The molecule has 3 nitrogen and oxygen atoms in total. The minimum atomic E-state index is -0.00798. The summed E-state index contributed by atoms with van der Waals surface area (Å²) in [4.78, 5) is 8.05. The molecular weight excluding hydrogens is 152 g/mol. The quantitative estimate of drug-likeness (QED) is 0.739. The number of rotatable bonds is 3. The van der Waals surface area contributed by atoms with Gasteiger partial charge >= 0.3 is 0 Å². The van der Waals surface area contributed by atoms with Crippen LogP contribution in [-0.4, -0.2) is 15.1 Å². The smallest absolute Gasteiger partial charge is 0.116 e. The van der Waals surface area contributed by atoms with Gasteiger partial charge in [-0.2, -0.15) is 0 Å². The van der Waals surface area contributed by atoms with Crippen LogP contribution in [0.1, 0.15) is 37.6 Å². The van der Waals surface area contributed by atoms with Crippen LogP contribution in [0, 0.1) is 0 Å². The third kappa shape index (κ3) is 2.01. The van der Waals surface area contributed by atoms with Crippen molar-refractivity contribution in [3.63, 3.8) is 0 Å². The zero-order valence-corrected chi connectivity index (χ0v) is 7.49. The molecule has 1 rings (SSSR count). The summed E-state index contributed by atoms with van der Waals surface area (Å²) in [5, 5.41) is 8.83. The van der Waals surface area contributed by atoms with E-state index in [1.54, 1.807) is 0 Å². The predicted octanol–water partition coefficient (Wildman–Crippen LogP) is 1.48. The first-order chi connectivity index (χ1) is 5.77. The van der Waals surface area contributed by atoms with Gasteiger partial charge < -0.3 is 5.11 Å². The summed E-state index contributed by atoms with van der Waals surface area (Å²) < 4.78 is 0. The zero-order valence-electron chi connectivity index (χ0n) is 7.49. The molecular formula is C9H14N2O. The maximum Gasteiger partial charge on any atom is 0.116 e. The van der Waals surface area contributed by atoms with Crippen LogP contribution in [-0.2, 0) is 6.61 Å². The molecule has 1 aromatic heterocycles. The SMILES string of the molecule is CCC(C)c1cc(CO)ncn1. The lowest BCUT2D eigenvalue weighted by Gasteiger charge is -2.07. The van der Waals surface area contributed by atoms with Gasteiger partial charge in [0.2, 0.25) is 0 Å². The number of hydrogen-bond acceptors (Lipinski definition) is 3. The highest BCUT2D eigenvalue weighted by Gasteiger charge is 2.04. The maximum atomic E-state index is 8.83. The standard InChI is InChI=1S/C9H14N2O/c1-3-7(2)9-4-8(5-12)10-6-11-9/h4,6-7,12H,3,5H2,1-2H3. The van der Waals surface area contributed by atoms with Crippen molar-refractivity contribution in [1.29, 1.82) is 0 Å². The first kappa shape index (κ1) is 9.13. The molecule has 1 heterocycles. The lowest BCUT2D eigenvalue weighted by molar-refractivity contribution is 0.276. The highest BCUT2D eigenvalue weighted by molar-refractivity contribution is 5.11. The summed E-state index contributed by atoms with van der Waals surface area (Å²) in [6, 6.07) is 1.86. The summed E-state index contributed by atoms with van der Waals surface area (Å²) in [7, 11) is 0. The van der Waals surface area contributed by atoms with Crippen molar-refractivity contribution in [3.05, 3.63) is 23.8 Å². The molecule has 1 unspecified atom stereocenters. The molecule has 0 spiro atoms. The van der Waals surface area contributed by atoms with Crippen LogP contribution in [0.5, 0.6) is 0 Å². The predicted molar refractivity (Wildman–Crippen MR) is 46.7 cm³/mol. The van der Waals surface area contributed by atoms with E-state index in [-0.39, 0.29) is 6.61 Å². The van der Waals surface area contributed by atoms with Crippen LogP contribution in [0.3, 0.4) is 0 Å². The van der Waals surface area contributed by atoms with E-state index in [1.807, 2.05) is 6.07 Å². The Morgan fingerprint density at radius 3 is 2.83 bits per heavy atom. The van der Waals surface area contributed by atoms with Crippen molar-refractivity contribution in [2.24, 2.45) is 0 Å². The van der Waals surface area contributed by atoms with Crippen molar-refractivity contribution in [2.75, 3.05) is 0 Å². The summed E-state index contributed by atoms with van der Waals surface area (Å²) in [6.07, 6.45) is 2.56. The third-order valence-corrected chi connectivity index (χ3v) is 2.02. The van der Waals surface area contributed by atoms with E-state index in [1.165, 1.54) is 6.33 Å².